The number of nitrogens with zero attached hydrogens (tertiary/aromatic N) is 5. The van der Waals surface area contributed by atoms with Gasteiger partial charge in [-0.25, -0.2) is 0 Å². The highest BCUT2D eigenvalue weighted by Gasteiger charge is 2.18. The molecule has 0 amide bonds. The molecule has 1 aromatic carbocycles. The van der Waals surface area contributed by atoms with E-state index in [1.165, 1.54) is 0 Å². The van der Waals surface area contributed by atoms with Crippen LogP contribution in [0, 0.1) is 0 Å². The van der Waals surface area contributed by atoms with Crippen LogP contribution in [-0.2, 0) is 0 Å². The number of hydrogen-bond acceptors (Lipinski definition) is 7. The van der Waals surface area contributed by atoms with Gasteiger partial charge in [-0.15, -0.1) is 0 Å². The fourth-order valence-corrected chi connectivity index (χ4v) is 2.78. The van der Waals surface area contributed by atoms with E-state index in [4.69, 9.17) is 4.74 Å². The zero-order valence-corrected chi connectivity index (χ0v) is 14.6. The zero-order valence-electron chi connectivity index (χ0n) is 14.6. The quantitative estimate of drug-likeness (QED) is 0.731. The van der Waals surface area contributed by atoms with Gasteiger partial charge in [0.15, 0.2) is 5.82 Å². The molecule has 1 aliphatic rings. The second-order valence-corrected chi connectivity index (χ2v) is 6.18. The van der Waals surface area contributed by atoms with E-state index in [1.54, 1.807) is 6.20 Å². The lowest BCUT2D eigenvalue weighted by Gasteiger charge is -2.33. The maximum absolute atomic E-state index is 5.86. The Morgan fingerprint density at radius 1 is 1.00 bits per heavy atom. The Labute approximate surface area is 151 Å². The standard InChI is InChI=1S/C18H21N7O/c1-24-9-11-25(12-10-24)17-13-16(20-15-7-8-19-23-15)21-18(22-17)26-14-5-3-2-4-6-14/h2-8,13H,9-12H2,1H3,(H2,19,20,21,22,23). The molecule has 0 atom stereocenters. The van der Waals surface area contributed by atoms with Crippen LogP contribution in [-0.4, -0.2) is 58.3 Å². The highest BCUT2D eigenvalue weighted by atomic mass is 16.5. The van der Waals surface area contributed by atoms with Crippen LogP contribution >= 0.6 is 0 Å². The molecule has 0 aliphatic carbocycles. The number of likely N-dealkylation sites (N-methyl/N-ethyl adjacent to an activating group) is 1. The molecule has 1 aliphatic heterocycles. The third kappa shape index (κ3) is 3.92. The van der Waals surface area contributed by atoms with Gasteiger partial charge in [0.1, 0.15) is 17.4 Å². The van der Waals surface area contributed by atoms with Crippen molar-refractivity contribution in [3.05, 3.63) is 48.7 Å². The van der Waals surface area contributed by atoms with Crippen molar-refractivity contribution in [2.24, 2.45) is 0 Å². The van der Waals surface area contributed by atoms with Gasteiger partial charge in [0, 0.05) is 44.5 Å². The maximum Gasteiger partial charge on any atom is 0.325 e. The molecule has 8 nitrogen and oxygen atoms in total. The van der Waals surface area contributed by atoms with Crippen LogP contribution in [0.5, 0.6) is 11.8 Å². The summed E-state index contributed by atoms with van der Waals surface area (Å²) in [5.74, 6) is 2.89. The summed E-state index contributed by atoms with van der Waals surface area (Å²) in [6.07, 6.45) is 1.76. The van der Waals surface area contributed by atoms with Crippen LogP contribution in [0.3, 0.4) is 0 Å². The van der Waals surface area contributed by atoms with Crippen LogP contribution < -0.4 is 15.0 Å². The van der Waals surface area contributed by atoms with E-state index in [0.717, 1.165) is 32.0 Å². The van der Waals surface area contributed by atoms with Crippen molar-refractivity contribution in [1.29, 1.82) is 0 Å². The Kier molecular flexibility index (Phi) is 4.65. The molecule has 3 aromatic rings. The van der Waals surface area contributed by atoms with E-state index in [0.29, 0.717) is 23.4 Å². The molecule has 0 bridgehead atoms. The summed E-state index contributed by atoms with van der Waals surface area (Å²) < 4.78 is 5.86. The van der Waals surface area contributed by atoms with Crippen molar-refractivity contribution in [3.63, 3.8) is 0 Å². The summed E-state index contributed by atoms with van der Waals surface area (Å²) in [5.41, 5.74) is 0. The Morgan fingerprint density at radius 3 is 2.54 bits per heavy atom. The maximum atomic E-state index is 5.86. The first kappa shape index (κ1) is 16.3. The van der Waals surface area contributed by atoms with Gasteiger partial charge in [-0.1, -0.05) is 18.2 Å². The molecule has 26 heavy (non-hydrogen) atoms. The van der Waals surface area contributed by atoms with Gasteiger partial charge in [0.25, 0.3) is 0 Å². The van der Waals surface area contributed by atoms with Crippen LogP contribution in [0.4, 0.5) is 17.5 Å². The molecule has 2 N–H and O–H groups in total. The Bertz CT molecular complexity index is 830. The molecule has 134 valence electrons. The SMILES string of the molecule is CN1CCN(c2cc(Nc3cc[nH]n3)nc(Oc3ccccc3)n2)CC1. The summed E-state index contributed by atoms with van der Waals surface area (Å²) in [4.78, 5) is 13.6. The van der Waals surface area contributed by atoms with E-state index in [9.17, 15) is 0 Å². The number of piperazine rings is 1. The van der Waals surface area contributed by atoms with Gasteiger partial charge >= 0.3 is 6.01 Å². The van der Waals surface area contributed by atoms with Crippen molar-refractivity contribution in [2.45, 2.75) is 0 Å². The van der Waals surface area contributed by atoms with E-state index in [1.807, 2.05) is 42.5 Å². The molecule has 0 saturated carbocycles. The second kappa shape index (κ2) is 7.40. The Balaban J connectivity index is 1.62. The second-order valence-electron chi connectivity index (χ2n) is 6.18. The van der Waals surface area contributed by atoms with Crippen LogP contribution in [0.25, 0.3) is 0 Å². The third-order valence-corrected chi connectivity index (χ3v) is 4.23. The number of para-hydroxylation sites is 1. The number of H-pyrrole nitrogens is 1. The molecule has 4 rings (SSSR count). The highest BCUT2D eigenvalue weighted by Crippen LogP contribution is 2.25. The van der Waals surface area contributed by atoms with Crippen molar-refractivity contribution in [3.8, 4) is 11.8 Å². The smallest absolute Gasteiger partial charge is 0.325 e. The number of aromatic amines is 1. The summed E-state index contributed by atoms with van der Waals surface area (Å²) in [6.45, 7) is 3.84. The third-order valence-electron chi connectivity index (χ3n) is 4.23. The lowest BCUT2D eigenvalue weighted by Crippen LogP contribution is -2.44. The van der Waals surface area contributed by atoms with E-state index < -0.39 is 0 Å². The van der Waals surface area contributed by atoms with Crippen LogP contribution in [0.15, 0.2) is 48.7 Å². The van der Waals surface area contributed by atoms with Crippen molar-refractivity contribution in [2.75, 3.05) is 43.4 Å². The summed E-state index contributed by atoms with van der Waals surface area (Å²) in [7, 11) is 2.13. The summed E-state index contributed by atoms with van der Waals surface area (Å²) in [5, 5.41) is 10.1. The fraction of sp³-hybridized carbons (Fsp3) is 0.278. The van der Waals surface area contributed by atoms with Crippen molar-refractivity contribution in [1.82, 2.24) is 25.1 Å². The largest absolute Gasteiger partial charge is 0.424 e. The van der Waals surface area contributed by atoms with Crippen molar-refractivity contribution < 1.29 is 4.74 Å². The van der Waals surface area contributed by atoms with Crippen molar-refractivity contribution >= 4 is 17.5 Å². The fourth-order valence-electron chi connectivity index (χ4n) is 2.78. The van der Waals surface area contributed by atoms with Gasteiger partial charge in [-0.3, -0.25) is 5.10 Å². The molecule has 2 aromatic heterocycles. The first-order valence-electron chi connectivity index (χ1n) is 8.58. The molecule has 0 radical (unpaired) electrons. The van der Waals surface area contributed by atoms with Crippen LogP contribution in [0.2, 0.25) is 0 Å². The average molecular weight is 351 g/mol. The topological polar surface area (TPSA) is 82.2 Å². The average Bonchev–Trinajstić information content (AvgIpc) is 3.16. The Hall–Kier alpha value is -3.13. The molecule has 3 heterocycles. The lowest BCUT2D eigenvalue weighted by molar-refractivity contribution is 0.311. The first-order chi connectivity index (χ1) is 12.8. The molecule has 1 fully saturated rings. The number of rotatable bonds is 5. The number of benzene rings is 1. The lowest BCUT2D eigenvalue weighted by atomic mass is 10.3. The van der Waals surface area contributed by atoms with Gasteiger partial charge < -0.3 is 19.9 Å². The van der Waals surface area contributed by atoms with Gasteiger partial charge in [0.05, 0.1) is 0 Å². The molecule has 0 spiro atoms. The first-order valence-corrected chi connectivity index (χ1v) is 8.58. The van der Waals surface area contributed by atoms with E-state index >= 15 is 0 Å². The van der Waals surface area contributed by atoms with Crippen LogP contribution in [0.1, 0.15) is 0 Å². The molecule has 8 heteroatoms. The molecule has 1 saturated heterocycles. The minimum absolute atomic E-state index is 0.311. The van der Waals surface area contributed by atoms with Gasteiger partial charge in [-0.2, -0.15) is 15.1 Å². The minimum atomic E-state index is 0.311. The summed E-state index contributed by atoms with van der Waals surface area (Å²) >= 11 is 0. The van der Waals surface area contributed by atoms with E-state index in [2.05, 4.69) is 42.3 Å². The van der Waals surface area contributed by atoms with Gasteiger partial charge in [0.2, 0.25) is 0 Å². The zero-order chi connectivity index (χ0) is 17.8. The molecular weight excluding hydrogens is 330 g/mol. The highest BCUT2D eigenvalue weighted by molar-refractivity contribution is 5.57. The Morgan fingerprint density at radius 2 is 1.81 bits per heavy atom. The normalized spacial score (nSPS) is 15.0. The molecule has 0 unspecified atom stereocenters. The number of ether oxygens (including phenoxy) is 1. The predicted molar refractivity (Wildman–Crippen MR) is 100 cm³/mol. The number of aromatic nitrogens is 4. The summed E-state index contributed by atoms with van der Waals surface area (Å²) in [6, 6.07) is 13.6. The predicted octanol–water partition coefficient (Wildman–Crippen LogP) is 2.49. The minimum Gasteiger partial charge on any atom is -0.424 e. The monoisotopic (exact) mass is 351 g/mol. The number of anilines is 3. The van der Waals surface area contributed by atoms with Gasteiger partial charge in [-0.05, 0) is 19.2 Å². The molecular formula is C18H21N7O. The number of hydrogen-bond donors (Lipinski definition) is 2. The van der Waals surface area contributed by atoms with E-state index in [-0.39, 0.29) is 0 Å². The number of nitrogens with one attached hydrogen (secondary N) is 2.